The van der Waals surface area contributed by atoms with Gasteiger partial charge in [0.05, 0.1) is 11.4 Å². The van der Waals surface area contributed by atoms with Gasteiger partial charge in [0.2, 0.25) is 5.91 Å². The molecule has 3 rings (SSSR count). The zero-order valence-corrected chi connectivity index (χ0v) is 20.2. The van der Waals surface area contributed by atoms with E-state index in [1.165, 1.54) is 11.8 Å². The topological polar surface area (TPSA) is 69.0 Å². The van der Waals surface area contributed by atoms with Crippen molar-refractivity contribution in [3.8, 4) is 5.75 Å². The first-order valence-electron chi connectivity index (χ1n) is 9.80. The second-order valence-corrected chi connectivity index (χ2v) is 8.90. The number of nitrogens with zero attached hydrogens (tertiary/aromatic N) is 3. The van der Waals surface area contributed by atoms with E-state index in [-0.39, 0.29) is 18.3 Å². The van der Waals surface area contributed by atoms with E-state index in [1.54, 1.807) is 6.08 Å². The summed E-state index contributed by atoms with van der Waals surface area (Å²) in [6.45, 7) is 10.7. The predicted octanol–water partition coefficient (Wildman–Crippen LogP) is 5.46. The molecule has 0 saturated heterocycles. The Morgan fingerprint density at radius 3 is 2.68 bits per heavy atom. The van der Waals surface area contributed by atoms with Crippen LogP contribution in [0.2, 0.25) is 0 Å². The first-order valence-corrected chi connectivity index (χ1v) is 11.6. The Morgan fingerprint density at radius 1 is 1.19 bits per heavy atom. The number of nitrogens with one attached hydrogen (secondary N) is 1. The zero-order chi connectivity index (χ0) is 22.4. The van der Waals surface area contributed by atoms with Crippen LogP contribution in [0.3, 0.4) is 0 Å². The summed E-state index contributed by atoms with van der Waals surface area (Å²) in [5, 5.41) is 12.1. The molecule has 1 N–H and O–H groups in total. The molecule has 0 saturated carbocycles. The smallest absolute Gasteiger partial charge is 0.234 e. The molecule has 0 aliphatic carbocycles. The van der Waals surface area contributed by atoms with Crippen LogP contribution in [0.1, 0.15) is 22.5 Å². The predicted molar refractivity (Wildman–Crippen MR) is 129 cm³/mol. The summed E-state index contributed by atoms with van der Waals surface area (Å²) in [7, 11) is 0. The third-order valence-corrected chi connectivity index (χ3v) is 6.37. The van der Waals surface area contributed by atoms with E-state index in [4.69, 9.17) is 4.74 Å². The van der Waals surface area contributed by atoms with Crippen molar-refractivity contribution in [3.63, 3.8) is 0 Å². The molecule has 0 aliphatic heterocycles. The molecule has 3 aromatic rings. The van der Waals surface area contributed by atoms with Crippen LogP contribution in [-0.4, -0.2) is 26.4 Å². The monoisotopic (exact) mass is 500 g/mol. The highest BCUT2D eigenvalue weighted by atomic mass is 79.9. The van der Waals surface area contributed by atoms with E-state index >= 15 is 0 Å². The van der Waals surface area contributed by atoms with E-state index in [0.29, 0.717) is 17.5 Å². The number of allylic oxidation sites excluding steroid dienone is 1. The minimum atomic E-state index is -0.111. The van der Waals surface area contributed by atoms with Crippen LogP contribution >= 0.6 is 27.7 Å². The lowest BCUT2D eigenvalue weighted by Crippen LogP contribution is -2.15. The number of para-hydroxylation sites is 1. The molecule has 2 aromatic carbocycles. The van der Waals surface area contributed by atoms with Gasteiger partial charge >= 0.3 is 0 Å². The van der Waals surface area contributed by atoms with Gasteiger partial charge in [-0.05, 0) is 71.6 Å². The third kappa shape index (κ3) is 5.98. The van der Waals surface area contributed by atoms with E-state index in [9.17, 15) is 4.79 Å². The summed E-state index contributed by atoms with van der Waals surface area (Å²) < 4.78 is 8.68. The van der Waals surface area contributed by atoms with Gasteiger partial charge in [0.1, 0.15) is 12.4 Å². The molecule has 0 aliphatic rings. The van der Waals surface area contributed by atoms with Gasteiger partial charge < -0.3 is 10.1 Å². The summed E-state index contributed by atoms with van der Waals surface area (Å²) in [5.41, 5.74) is 4.10. The Balaban J connectivity index is 1.64. The van der Waals surface area contributed by atoms with Gasteiger partial charge in [0.25, 0.3) is 0 Å². The summed E-state index contributed by atoms with van der Waals surface area (Å²) in [5.74, 6) is 1.60. The number of ether oxygens (including phenoxy) is 1. The number of hydrogen-bond donors (Lipinski definition) is 1. The number of thioether (sulfide) groups is 1. The molecule has 0 atom stereocenters. The fourth-order valence-electron chi connectivity index (χ4n) is 2.90. The third-order valence-electron chi connectivity index (χ3n) is 4.75. The molecule has 0 spiro atoms. The highest BCUT2D eigenvalue weighted by Crippen LogP contribution is 2.27. The maximum Gasteiger partial charge on any atom is 0.234 e. The van der Waals surface area contributed by atoms with Crippen LogP contribution in [0.4, 0.5) is 5.69 Å². The van der Waals surface area contributed by atoms with Crippen LogP contribution in [0.5, 0.6) is 5.75 Å². The number of amides is 1. The number of hydrogen-bond acceptors (Lipinski definition) is 5. The highest BCUT2D eigenvalue weighted by Gasteiger charge is 2.15. The molecule has 0 fully saturated rings. The number of anilines is 1. The maximum absolute atomic E-state index is 12.5. The second kappa shape index (κ2) is 10.6. The Morgan fingerprint density at radius 2 is 1.94 bits per heavy atom. The van der Waals surface area contributed by atoms with Gasteiger partial charge in [-0.15, -0.1) is 16.8 Å². The minimum Gasteiger partial charge on any atom is -0.485 e. The molecule has 0 radical (unpaired) electrons. The lowest BCUT2D eigenvalue weighted by Gasteiger charge is -2.11. The zero-order valence-electron chi connectivity index (χ0n) is 17.8. The standard InChI is InChI=1S/C23H25BrN4O2S/c1-5-10-28-21(13-30-20-9-7-6-8-15(20)2)26-27-23(28)31-14-22(29)25-19-12-17(4)16(3)11-18(19)24/h5-9,11-12H,1,10,13-14H2,2-4H3,(H,25,29). The van der Waals surface area contributed by atoms with Crippen molar-refractivity contribution < 1.29 is 9.53 Å². The summed E-state index contributed by atoms with van der Waals surface area (Å²) in [6, 6.07) is 11.8. The van der Waals surface area contributed by atoms with Gasteiger partial charge in [-0.3, -0.25) is 9.36 Å². The van der Waals surface area contributed by atoms with Crippen molar-refractivity contribution >= 4 is 39.3 Å². The van der Waals surface area contributed by atoms with Crippen molar-refractivity contribution in [2.45, 2.75) is 39.1 Å². The van der Waals surface area contributed by atoms with Gasteiger partial charge in [-0.2, -0.15) is 0 Å². The first-order chi connectivity index (χ1) is 14.9. The number of benzene rings is 2. The average Bonchev–Trinajstić information content (AvgIpc) is 3.12. The molecule has 162 valence electrons. The van der Waals surface area contributed by atoms with Crippen LogP contribution in [-0.2, 0) is 17.9 Å². The van der Waals surface area contributed by atoms with Gasteiger partial charge in [0, 0.05) is 11.0 Å². The molecular weight excluding hydrogens is 476 g/mol. The van der Waals surface area contributed by atoms with E-state index in [1.807, 2.05) is 61.7 Å². The molecule has 1 amide bonds. The Kier molecular flexibility index (Phi) is 7.92. The molecule has 0 unspecified atom stereocenters. The highest BCUT2D eigenvalue weighted by molar-refractivity contribution is 9.10. The number of carbonyl (C=O) groups is 1. The summed E-state index contributed by atoms with van der Waals surface area (Å²) >= 11 is 4.84. The molecular formula is C23H25BrN4O2S. The lowest BCUT2D eigenvalue weighted by atomic mass is 10.1. The Hall–Kier alpha value is -2.58. The fraction of sp³-hybridized carbons (Fsp3) is 0.261. The average molecular weight is 501 g/mol. The molecule has 0 bridgehead atoms. The van der Waals surface area contributed by atoms with E-state index in [0.717, 1.165) is 32.6 Å². The van der Waals surface area contributed by atoms with Crippen LogP contribution in [0.25, 0.3) is 0 Å². The number of aromatic nitrogens is 3. The van der Waals surface area contributed by atoms with Crippen molar-refractivity contribution in [3.05, 3.63) is 76.0 Å². The van der Waals surface area contributed by atoms with Gasteiger partial charge in [-0.1, -0.05) is 36.0 Å². The van der Waals surface area contributed by atoms with Gasteiger partial charge in [-0.25, -0.2) is 0 Å². The summed E-state index contributed by atoms with van der Waals surface area (Å²) in [6.07, 6.45) is 1.77. The number of aryl methyl sites for hydroxylation is 3. The van der Waals surface area contributed by atoms with Crippen molar-refractivity contribution in [1.82, 2.24) is 14.8 Å². The second-order valence-electron chi connectivity index (χ2n) is 7.11. The maximum atomic E-state index is 12.5. The van der Waals surface area contributed by atoms with Gasteiger partial charge in [0.15, 0.2) is 11.0 Å². The van der Waals surface area contributed by atoms with Crippen LogP contribution in [0, 0.1) is 20.8 Å². The van der Waals surface area contributed by atoms with E-state index < -0.39 is 0 Å². The molecule has 1 aromatic heterocycles. The number of rotatable bonds is 9. The normalized spacial score (nSPS) is 10.7. The number of halogens is 1. The Bertz CT molecular complexity index is 1100. The van der Waals surface area contributed by atoms with Crippen LogP contribution in [0.15, 0.2) is 58.7 Å². The van der Waals surface area contributed by atoms with Crippen LogP contribution < -0.4 is 10.1 Å². The molecule has 1 heterocycles. The number of carbonyl (C=O) groups excluding carboxylic acids is 1. The first kappa shape index (κ1) is 23.1. The quantitative estimate of drug-likeness (QED) is 0.312. The minimum absolute atomic E-state index is 0.111. The lowest BCUT2D eigenvalue weighted by molar-refractivity contribution is -0.113. The van der Waals surface area contributed by atoms with Crippen molar-refractivity contribution in [2.24, 2.45) is 0 Å². The fourth-order valence-corrected chi connectivity index (χ4v) is 4.22. The van der Waals surface area contributed by atoms with Crippen molar-refractivity contribution in [1.29, 1.82) is 0 Å². The van der Waals surface area contributed by atoms with E-state index in [2.05, 4.69) is 38.0 Å². The Labute approximate surface area is 195 Å². The SMILES string of the molecule is C=CCn1c(COc2ccccc2C)nnc1SCC(=O)Nc1cc(C)c(C)cc1Br. The van der Waals surface area contributed by atoms with Crippen molar-refractivity contribution in [2.75, 3.05) is 11.1 Å². The molecule has 31 heavy (non-hydrogen) atoms. The largest absolute Gasteiger partial charge is 0.485 e. The molecule has 8 heteroatoms. The summed E-state index contributed by atoms with van der Waals surface area (Å²) in [4.78, 5) is 12.5. The molecule has 6 nitrogen and oxygen atoms in total.